The van der Waals surface area contributed by atoms with Crippen LogP contribution in [0.1, 0.15) is 34.6 Å². The first kappa shape index (κ1) is 16.4. The molecule has 0 rings (SSSR count). The Morgan fingerprint density at radius 3 is 2.00 bits per heavy atom. The fourth-order valence-electron chi connectivity index (χ4n) is 0.923. The molecule has 2 atom stereocenters. The molecule has 104 valence electrons. The van der Waals surface area contributed by atoms with Crippen LogP contribution in [0.4, 0.5) is 4.79 Å². The minimum absolute atomic E-state index is 0.471. The largest absolute Gasteiger partial charge is 0.444 e. The van der Waals surface area contributed by atoms with Crippen molar-refractivity contribution in [1.29, 1.82) is 0 Å². The summed E-state index contributed by atoms with van der Waals surface area (Å²) in [5, 5.41) is 4.39. The van der Waals surface area contributed by atoms with Crippen LogP contribution in [0.3, 0.4) is 0 Å². The molecule has 0 heterocycles. The van der Waals surface area contributed by atoms with Gasteiger partial charge in [0, 0.05) is 0 Å². The van der Waals surface area contributed by atoms with E-state index in [0.717, 1.165) is 0 Å². The molecule has 3 amide bonds. The molecule has 0 unspecified atom stereocenters. The maximum Gasteiger partial charge on any atom is 0.414 e. The van der Waals surface area contributed by atoms with Gasteiger partial charge < -0.3 is 15.8 Å². The van der Waals surface area contributed by atoms with Crippen LogP contribution in [0, 0.1) is 0 Å². The lowest BCUT2D eigenvalue weighted by Crippen LogP contribution is -2.51. The molecule has 0 aliphatic carbocycles. The molecule has 7 heteroatoms. The minimum atomic E-state index is -0.865. The number of rotatable bonds is 3. The number of carbonyl (C=O) groups excluding carboxylic acids is 3. The lowest BCUT2D eigenvalue weighted by Gasteiger charge is -2.20. The minimum Gasteiger partial charge on any atom is -0.444 e. The van der Waals surface area contributed by atoms with Crippen LogP contribution in [-0.4, -0.2) is 35.6 Å². The van der Waals surface area contributed by atoms with E-state index in [1.54, 1.807) is 20.8 Å². The van der Waals surface area contributed by atoms with Crippen molar-refractivity contribution in [2.24, 2.45) is 5.73 Å². The molecule has 0 saturated carbocycles. The second-order valence-electron chi connectivity index (χ2n) is 5.01. The van der Waals surface area contributed by atoms with Gasteiger partial charge in [-0.25, -0.2) is 4.79 Å². The molecule has 0 aromatic carbocycles. The number of hydrogen-bond acceptors (Lipinski definition) is 5. The Morgan fingerprint density at radius 2 is 1.61 bits per heavy atom. The summed E-state index contributed by atoms with van der Waals surface area (Å²) in [7, 11) is 0. The maximum atomic E-state index is 11.5. The highest BCUT2D eigenvalue weighted by Crippen LogP contribution is 2.06. The summed E-state index contributed by atoms with van der Waals surface area (Å²) in [4.78, 5) is 34.1. The van der Waals surface area contributed by atoms with Gasteiger partial charge in [-0.05, 0) is 34.6 Å². The van der Waals surface area contributed by atoms with E-state index in [2.05, 4.69) is 5.32 Å². The van der Waals surface area contributed by atoms with Gasteiger partial charge in [-0.15, -0.1) is 0 Å². The number of amides is 3. The average Bonchev–Trinajstić information content (AvgIpc) is 2.13. The van der Waals surface area contributed by atoms with E-state index >= 15 is 0 Å². The predicted octanol–water partition coefficient (Wildman–Crippen LogP) is -0.110. The molecular weight excluding hydrogens is 238 g/mol. The Bertz CT molecular complexity index is 334. The number of alkyl carbamates (subject to hydrolysis) is 1. The molecular formula is C11H21N3O4. The fraction of sp³-hybridized carbons (Fsp3) is 0.727. The first-order chi connectivity index (χ1) is 8.03. The Balaban J connectivity index is 4.25. The molecule has 0 bridgehead atoms. The normalized spacial score (nSPS) is 14.3. The van der Waals surface area contributed by atoms with Crippen molar-refractivity contribution >= 4 is 17.9 Å². The summed E-state index contributed by atoms with van der Waals surface area (Å²) in [6.07, 6.45) is -0.852. The van der Waals surface area contributed by atoms with Gasteiger partial charge in [-0.1, -0.05) is 0 Å². The van der Waals surface area contributed by atoms with Crippen LogP contribution in [-0.2, 0) is 14.3 Å². The van der Waals surface area contributed by atoms with Gasteiger partial charge in [-0.3, -0.25) is 14.9 Å². The van der Waals surface area contributed by atoms with Crippen molar-refractivity contribution in [3.8, 4) is 0 Å². The van der Waals surface area contributed by atoms with Gasteiger partial charge in [0.15, 0.2) is 0 Å². The lowest BCUT2D eigenvalue weighted by molar-refractivity contribution is -0.128. The van der Waals surface area contributed by atoms with Crippen molar-refractivity contribution in [3.63, 3.8) is 0 Å². The van der Waals surface area contributed by atoms with Crippen molar-refractivity contribution in [1.82, 2.24) is 10.6 Å². The highest BCUT2D eigenvalue weighted by molar-refractivity contribution is 5.97. The van der Waals surface area contributed by atoms with Crippen molar-refractivity contribution in [2.45, 2.75) is 52.3 Å². The third-order valence-corrected chi connectivity index (χ3v) is 1.79. The van der Waals surface area contributed by atoms with Crippen LogP contribution in [0.5, 0.6) is 0 Å². The van der Waals surface area contributed by atoms with Gasteiger partial charge in [0.1, 0.15) is 11.6 Å². The van der Waals surface area contributed by atoms with Gasteiger partial charge in [-0.2, -0.15) is 0 Å². The highest BCUT2D eigenvalue weighted by atomic mass is 16.6. The Morgan fingerprint density at radius 1 is 1.11 bits per heavy atom. The summed E-state index contributed by atoms with van der Waals surface area (Å²) >= 11 is 0. The van der Waals surface area contributed by atoms with Crippen molar-refractivity contribution in [2.75, 3.05) is 0 Å². The molecule has 4 N–H and O–H groups in total. The summed E-state index contributed by atoms with van der Waals surface area (Å²) in [6.45, 7) is 7.98. The topological polar surface area (TPSA) is 111 Å². The van der Waals surface area contributed by atoms with Crippen LogP contribution in [0.2, 0.25) is 0 Å². The number of hydrogen-bond donors (Lipinski definition) is 3. The number of carbonyl (C=O) groups is 3. The van der Waals surface area contributed by atoms with E-state index in [1.165, 1.54) is 13.8 Å². The maximum absolute atomic E-state index is 11.5. The first-order valence-corrected chi connectivity index (χ1v) is 5.62. The number of imide groups is 1. The van der Waals surface area contributed by atoms with Gasteiger partial charge in [0.25, 0.3) is 5.91 Å². The van der Waals surface area contributed by atoms with Gasteiger partial charge in [0.2, 0.25) is 5.91 Å². The molecule has 7 nitrogen and oxygen atoms in total. The van der Waals surface area contributed by atoms with E-state index in [0.29, 0.717) is 0 Å². The number of nitrogens with two attached hydrogens (primary N) is 1. The zero-order chi connectivity index (χ0) is 14.5. The van der Waals surface area contributed by atoms with E-state index in [4.69, 9.17) is 10.5 Å². The summed E-state index contributed by atoms with van der Waals surface area (Å²) in [5.74, 6) is -1.12. The average molecular weight is 259 g/mol. The van der Waals surface area contributed by atoms with E-state index in [1.807, 2.05) is 5.32 Å². The second-order valence-corrected chi connectivity index (χ2v) is 5.01. The first-order valence-electron chi connectivity index (χ1n) is 5.62. The molecule has 0 aromatic rings. The van der Waals surface area contributed by atoms with Gasteiger partial charge in [0.05, 0.1) is 6.04 Å². The Hall–Kier alpha value is -1.63. The smallest absolute Gasteiger partial charge is 0.414 e. The molecule has 0 saturated heterocycles. The SMILES string of the molecule is C[C@H](N)C(=O)N[C@@H](C)C(=O)NC(=O)OC(C)(C)C. The summed E-state index contributed by atoms with van der Waals surface area (Å²) < 4.78 is 4.90. The standard InChI is InChI=1S/C11H21N3O4/c1-6(12)8(15)13-7(2)9(16)14-10(17)18-11(3,4)5/h6-7H,12H2,1-5H3,(H,13,15)(H,14,16,17)/t6-,7-/m0/s1. The van der Waals surface area contributed by atoms with E-state index < -0.39 is 35.6 Å². The van der Waals surface area contributed by atoms with Crippen LogP contribution in [0.15, 0.2) is 0 Å². The van der Waals surface area contributed by atoms with Crippen LogP contribution < -0.4 is 16.4 Å². The molecule has 18 heavy (non-hydrogen) atoms. The molecule has 0 radical (unpaired) electrons. The Kier molecular flexibility index (Phi) is 5.77. The van der Waals surface area contributed by atoms with Crippen LogP contribution in [0.25, 0.3) is 0 Å². The lowest BCUT2D eigenvalue weighted by atomic mass is 10.2. The molecule has 0 aromatic heterocycles. The molecule has 0 spiro atoms. The third-order valence-electron chi connectivity index (χ3n) is 1.79. The molecule has 0 aliphatic rings. The van der Waals surface area contributed by atoms with E-state index in [-0.39, 0.29) is 0 Å². The fourth-order valence-corrected chi connectivity index (χ4v) is 0.923. The molecule has 0 aliphatic heterocycles. The monoisotopic (exact) mass is 259 g/mol. The third kappa shape index (κ3) is 6.85. The highest BCUT2D eigenvalue weighted by Gasteiger charge is 2.22. The summed E-state index contributed by atoms with van der Waals surface area (Å²) in [6, 6.07) is -1.59. The zero-order valence-corrected chi connectivity index (χ0v) is 11.4. The van der Waals surface area contributed by atoms with E-state index in [9.17, 15) is 14.4 Å². The predicted molar refractivity (Wildman–Crippen MR) is 65.6 cm³/mol. The zero-order valence-electron chi connectivity index (χ0n) is 11.4. The van der Waals surface area contributed by atoms with Gasteiger partial charge >= 0.3 is 6.09 Å². The summed E-state index contributed by atoms with van der Waals surface area (Å²) in [5.41, 5.74) is 4.64. The molecule has 0 fully saturated rings. The number of ether oxygens (including phenoxy) is 1. The number of nitrogens with one attached hydrogen (secondary N) is 2. The van der Waals surface area contributed by atoms with Crippen molar-refractivity contribution < 1.29 is 19.1 Å². The van der Waals surface area contributed by atoms with Crippen molar-refractivity contribution in [3.05, 3.63) is 0 Å². The quantitative estimate of drug-likeness (QED) is 0.655. The second kappa shape index (κ2) is 6.34. The van der Waals surface area contributed by atoms with Crippen LogP contribution >= 0.6 is 0 Å². The Labute approximate surface area is 106 Å².